The van der Waals surface area contributed by atoms with E-state index in [4.69, 9.17) is 0 Å². The van der Waals surface area contributed by atoms with Gasteiger partial charge < -0.3 is 5.32 Å². The predicted molar refractivity (Wildman–Crippen MR) is 88.3 cm³/mol. The molecule has 0 amide bonds. The van der Waals surface area contributed by atoms with Crippen molar-refractivity contribution in [1.82, 2.24) is 10.2 Å². The number of nitrogens with zero attached hydrogens (tertiary/aromatic N) is 1. The predicted octanol–water partition coefficient (Wildman–Crippen LogP) is 2.05. The highest BCUT2D eigenvalue weighted by atomic mass is 32.2. The van der Waals surface area contributed by atoms with Crippen LogP contribution in [0.15, 0.2) is 0 Å². The van der Waals surface area contributed by atoms with Crippen LogP contribution in [0.1, 0.15) is 52.9 Å². The lowest BCUT2D eigenvalue weighted by Crippen LogP contribution is -2.65. The molecule has 1 heterocycles. The number of rotatable bonds is 8. The van der Waals surface area contributed by atoms with Crippen molar-refractivity contribution in [2.75, 3.05) is 31.1 Å². The average molecular weight is 317 g/mol. The van der Waals surface area contributed by atoms with Crippen LogP contribution in [0, 0.1) is 5.92 Å². The van der Waals surface area contributed by atoms with E-state index in [1.54, 1.807) is 0 Å². The topological polar surface area (TPSA) is 49.4 Å². The van der Waals surface area contributed by atoms with Crippen molar-refractivity contribution in [3.63, 3.8) is 0 Å². The van der Waals surface area contributed by atoms with Gasteiger partial charge in [-0.1, -0.05) is 20.3 Å². The molecule has 2 rings (SSSR count). The first-order chi connectivity index (χ1) is 9.91. The van der Waals surface area contributed by atoms with E-state index in [0.29, 0.717) is 24.1 Å². The van der Waals surface area contributed by atoms with Crippen molar-refractivity contribution in [3.05, 3.63) is 0 Å². The van der Waals surface area contributed by atoms with E-state index in [2.05, 4.69) is 24.1 Å². The molecule has 0 aromatic carbocycles. The summed E-state index contributed by atoms with van der Waals surface area (Å²) in [6.45, 7) is 9.20. The number of hydrogen-bond acceptors (Lipinski definition) is 4. The van der Waals surface area contributed by atoms with Crippen LogP contribution in [0.5, 0.6) is 0 Å². The molecule has 0 spiro atoms. The van der Waals surface area contributed by atoms with Gasteiger partial charge in [0, 0.05) is 37.0 Å². The van der Waals surface area contributed by atoms with Gasteiger partial charge in [0.15, 0.2) is 9.84 Å². The largest absolute Gasteiger partial charge is 0.311 e. The highest BCUT2D eigenvalue weighted by Gasteiger charge is 2.48. The van der Waals surface area contributed by atoms with Crippen LogP contribution in [0.2, 0.25) is 0 Å². The molecule has 21 heavy (non-hydrogen) atoms. The molecule has 2 unspecified atom stereocenters. The third-order valence-electron chi connectivity index (χ3n) is 5.19. The van der Waals surface area contributed by atoms with E-state index in [0.717, 1.165) is 25.4 Å². The molecule has 1 N–H and O–H groups in total. The zero-order chi connectivity index (χ0) is 15.5. The van der Waals surface area contributed by atoms with Gasteiger partial charge in [-0.15, -0.1) is 0 Å². The summed E-state index contributed by atoms with van der Waals surface area (Å²) >= 11 is 0. The molecule has 1 aliphatic heterocycles. The molecular formula is C16H32N2O2S. The molecule has 4 nitrogen and oxygen atoms in total. The monoisotopic (exact) mass is 316 g/mol. The standard InChI is InChI=1S/C16H32N2O2S/c1-4-6-15-12-18(9-11-21(19,20)10-5-2)16(3,13-17-15)14-7-8-14/h14-15,17H,4-13H2,1-3H3. The van der Waals surface area contributed by atoms with Gasteiger partial charge in [0.05, 0.1) is 5.75 Å². The van der Waals surface area contributed by atoms with Crippen LogP contribution in [-0.4, -0.2) is 56.0 Å². The zero-order valence-electron chi connectivity index (χ0n) is 13.9. The second kappa shape index (κ2) is 6.97. The number of piperazine rings is 1. The molecule has 2 atom stereocenters. The molecule has 0 aromatic heterocycles. The summed E-state index contributed by atoms with van der Waals surface area (Å²) in [6.07, 6.45) is 5.69. The van der Waals surface area contributed by atoms with Crippen LogP contribution in [0.3, 0.4) is 0 Å². The Labute approximate surface area is 130 Å². The smallest absolute Gasteiger partial charge is 0.151 e. The summed E-state index contributed by atoms with van der Waals surface area (Å²) < 4.78 is 24.1. The molecule has 0 bridgehead atoms. The molecule has 0 aromatic rings. The van der Waals surface area contributed by atoms with Crippen molar-refractivity contribution < 1.29 is 8.42 Å². The van der Waals surface area contributed by atoms with Crippen LogP contribution in [0.25, 0.3) is 0 Å². The van der Waals surface area contributed by atoms with Gasteiger partial charge in [0.25, 0.3) is 0 Å². The van der Waals surface area contributed by atoms with E-state index in [1.807, 2.05) is 6.92 Å². The normalized spacial score (nSPS) is 31.5. The van der Waals surface area contributed by atoms with E-state index in [-0.39, 0.29) is 5.54 Å². The number of nitrogens with one attached hydrogen (secondary N) is 1. The Bertz CT molecular complexity index is 434. The second-order valence-corrected chi connectivity index (χ2v) is 9.40. The van der Waals surface area contributed by atoms with Gasteiger partial charge >= 0.3 is 0 Å². The first kappa shape index (κ1) is 17.2. The lowest BCUT2D eigenvalue weighted by Gasteiger charge is -2.49. The van der Waals surface area contributed by atoms with Crippen molar-refractivity contribution in [2.24, 2.45) is 5.92 Å². The third-order valence-corrected chi connectivity index (χ3v) is 7.03. The Morgan fingerprint density at radius 3 is 2.48 bits per heavy atom. The molecule has 2 aliphatic rings. The van der Waals surface area contributed by atoms with E-state index in [1.165, 1.54) is 25.7 Å². The van der Waals surface area contributed by atoms with Crippen LogP contribution in [-0.2, 0) is 9.84 Å². The summed E-state index contributed by atoms with van der Waals surface area (Å²) in [6, 6.07) is 0.524. The van der Waals surface area contributed by atoms with Gasteiger partial charge in [-0.25, -0.2) is 8.42 Å². The van der Waals surface area contributed by atoms with Gasteiger partial charge in [-0.3, -0.25) is 4.90 Å². The quantitative estimate of drug-likeness (QED) is 0.744. The molecule has 5 heteroatoms. The molecule has 0 radical (unpaired) electrons. The minimum absolute atomic E-state index is 0.159. The fourth-order valence-corrected chi connectivity index (χ4v) is 4.99. The van der Waals surface area contributed by atoms with Crippen LogP contribution >= 0.6 is 0 Å². The average Bonchev–Trinajstić information content (AvgIpc) is 3.24. The van der Waals surface area contributed by atoms with Gasteiger partial charge in [-0.05, 0) is 38.5 Å². The Morgan fingerprint density at radius 1 is 1.19 bits per heavy atom. The van der Waals surface area contributed by atoms with Gasteiger partial charge in [-0.2, -0.15) is 0 Å². The molecule has 124 valence electrons. The zero-order valence-corrected chi connectivity index (χ0v) is 14.7. The van der Waals surface area contributed by atoms with Crippen molar-refractivity contribution in [3.8, 4) is 0 Å². The maximum Gasteiger partial charge on any atom is 0.151 e. The molecule has 2 fully saturated rings. The Morgan fingerprint density at radius 2 is 1.90 bits per heavy atom. The summed E-state index contributed by atoms with van der Waals surface area (Å²) in [5, 5.41) is 3.69. The van der Waals surface area contributed by atoms with Gasteiger partial charge in [0.1, 0.15) is 0 Å². The Balaban J connectivity index is 2.00. The Kier molecular flexibility index (Phi) is 5.71. The summed E-state index contributed by atoms with van der Waals surface area (Å²) in [4.78, 5) is 2.48. The lowest BCUT2D eigenvalue weighted by atomic mass is 9.89. The fraction of sp³-hybridized carbons (Fsp3) is 1.00. The maximum absolute atomic E-state index is 12.0. The SMILES string of the molecule is CCCC1CN(CCS(=O)(=O)CCC)C(C)(C2CC2)CN1. The number of hydrogen-bond donors (Lipinski definition) is 1. The van der Waals surface area contributed by atoms with Gasteiger partial charge in [0.2, 0.25) is 0 Å². The van der Waals surface area contributed by atoms with Crippen LogP contribution in [0.4, 0.5) is 0 Å². The summed E-state index contributed by atoms with van der Waals surface area (Å²) in [5.41, 5.74) is 0.159. The van der Waals surface area contributed by atoms with Crippen molar-refractivity contribution >= 4 is 9.84 Å². The highest BCUT2D eigenvalue weighted by molar-refractivity contribution is 7.91. The molecular weight excluding hydrogens is 284 g/mol. The minimum atomic E-state index is -2.88. The molecule has 1 aliphatic carbocycles. The first-order valence-corrected chi connectivity index (χ1v) is 10.4. The van der Waals surface area contributed by atoms with E-state index >= 15 is 0 Å². The lowest BCUT2D eigenvalue weighted by molar-refractivity contribution is 0.0387. The maximum atomic E-state index is 12.0. The Hall–Kier alpha value is -0.130. The van der Waals surface area contributed by atoms with Crippen molar-refractivity contribution in [1.29, 1.82) is 0 Å². The van der Waals surface area contributed by atoms with E-state index < -0.39 is 9.84 Å². The van der Waals surface area contributed by atoms with E-state index in [9.17, 15) is 8.42 Å². The van der Waals surface area contributed by atoms with Crippen LogP contribution < -0.4 is 5.32 Å². The second-order valence-electron chi connectivity index (χ2n) is 7.10. The summed E-state index contributed by atoms with van der Waals surface area (Å²) in [7, 11) is -2.88. The minimum Gasteiger partial charge on any atom is -0.311 e. The first-order valence-electron chi connectivity index (χ1n) is 8.60. The van der Waals surface area contributed by atoms with Crippen molar-refractivity contribution in [2.45, 2.75) is 64.5 Å². The third kappa shape index (κ3) is 4.42. The highest BCUT2D eigenvalue weighted by Crippen LogP contribution is 2.44. The number of sulfone groups is 1. The fourth-order valence-electron chi connectivity index (χ4n) is 3.66. The molecule has 1 saturated carbocycles. The summed E-state index contributed by atoms with van der Waals surface area (Å²) in [5.74, 6) is 1.40. The molecule has 1 saturated heterocycles.